The Labute approximate surface area is 204 Å². The Morgan fingerprint density at radius 2 is 1.21 bits per heavy atom. The standard InChI is InChI=1S/C31H37N3/c1-5-32-25-17-13-23(14-18-25)31(24-15-19-26(20-16-24)34(7-3)8-4)29-21-22-30(33-6-2)28-12-10-9-11-27(28)29/h9-22,31-33H,5-8H2,1-4H3. The van der Waals surface area contributed by atoms with Gasteiger partial charge in [0.15, 0.2) is 0 Å². The van der Waals surface area contributed by atoms with Crippen molar-refractivity contribution in [1.82, 2.24) is 0 Å². The molecule has 0 radical (unpaired) electrons. The summed E-state index contributed by atoms with van der Waals surface area (Å²) in [4.78, 5) is 2.39. The van der Waals surface area contributed by atoms with Gasteiger partial charge in [-0.1, -0.05) is 54.6 Å². The van der Waals surface area contributed by atoms with E-state index in [1.54, 1.807) is 0 Å². The number of hydrogen-bond acceptors (Lipinski definition) is 3. The van der Waals surface area contributed by atoms with Crippen LogP contribution in [0.5, 0.6) is 0 Å². The molecule has 0 fully saturated rings. The smallest absolute Gasteiger partial charge is 0.0419 e. The predicted molar refractivity (Wildman–Crippen MR) is 150 cm³/mol. The summed E-state index contributed by atoms with van der Waals surface area (Å²) in [6.45, 7) is 12.6. The van der Waals surface area contributed by atoms with Crippen LogP contribution in [0.25, 0.3) is 10.8 Å². The lowest BCUT2D eigenvalue weighted by atomic mass is 9.82. The molecule has 0 aromatic heterocycles. The molecule has 4 aromatic rings. The highest BCUT2D eigenvalue weighted by molar-refractivity contribution is 5.97. The molecule has 1 unspecified atom stereocenters. The molecular weight excluding hydrogens is 414 g/mol. The number of nitrogens with zero attached hydrogens (tertiary/aromatic N) is 1. The third kappa shape index (κ3) is 4.89. The molecule has 34 heavy (non-hydrogen) atoms. The summed E-state index contributed by atoms with van der Waals surface area (Å²) < 4.78 is 0. The van der Waals surface area contributed by atoms with Crippen molar-refractivity contribution in [3.8, 4) is 0 Å². The molecule has 0 aliphatic rings. The zero-order valence-electron chi connectivity index (χ0n) is 20.9. The first-order valence-electron chi connectivity index (χ1n) is 12.6. The van der Waals surface area contributed by atoms with Crippen molar-refractivity contribution >= 4 is 27.8 Å². The highest BCUT2D eigenvalue weighted by Gasteiger charge is 2.20. The van der Waals surface area contributed by atoms with Crippen molar-refractivity contribution < 1.29 is 0 Å². The van der Waals surface area contributed by atoms with Crippen LogP contribution in [0.2, 0.25) is 0 Å². The van der Waals surface area contributed by atoms with Gasteiger partial charge < -0.3 is 15.5 Å². The largest absolute Gasteiger partial charge is 0.385 e. The number of anilines is 3. The second kappa shape index (κ2) is 11.1. The minimum absolute atomic E-state index is 0.155. The van der Waals surface area contributed by atoms with E-state index < -0.39 is 0 Å². The highest BCUT2D eigenvalue weighted by Crippen LogP contribution is 2.39. The molecular formula is C31H37N3. The molecule has 2 N–H and O–H groups in total. The van der Waals surface area contributed by atoms with E-state index in [0.717, 1.165) is 31.9 Å². The van der Waals surface area contributed by atoms with E-state index in [1.165, 1.54) is 38.8 Å². The van der Waals surface area contributed by atoms with Gasteiger partial charge in [-0.3, -0.25) is 0 Å². The summed E-state index contributed by atoms with van der Waals surface area (Å²) >= 11 is 0. The Bertz CT molecular complexity index is 1190. The van der Waals surface area contributed by atoms with Crippen molar-refractivity contribution in [3.63, 3.8) is 0 Å². The summed E-state index contributed by atoms with van der Waals surface area (Å²) in [5, 5.41) is 9.53. The first-order chi connectivity index (χ1) is 16.7. The van der Waals surface area contributed by atoms with Gasteiger partial charge in [0.2, 0.25) is 0 Å². The van der Waals surface area contributed by atoms with Gasteiger partial charge in [0.1, 0.15) is 0 Å². The van der Waals surface area contributed by atoms with Gasteiger partial charge >= 0.3 is 0 Å². The van der Waals surface area contributed by atoms with Crippen molar-refractivity contribution in [2.45, 2.75) is 33.6 Å². The van der Waals surface area contributed by atoms with Crippen molar-refractivity contribution in [2.75, 3.05) is 41.7 Å². The third-order valence-corrected chi connectivity index (χ3v) is 6.62. The van der Waals surface area contributed by atoms with Crippen molar-refractivity contribution in [2.24, 2.45) is 0 Å². The van der Waals surface area contributed by atoms with Crippen LogP contribution >= 0.6 is 0 Å². The monoisotopic (exact) mass is 451 g/mol. The second-order valence-corrected chi connectivity index (χ2v) is 8.63. The van der Waals surface area contributed by atoms with Gasteiger partial charge in [0.05, 0.1) is 0 Å². The average molecular weight is 452 g/mol. The van der Waals surface area contributed by atoms with Crippen LogP contribution < -0.4 is 15.5 Å². The van der Waals surface area contributed by atoms with E-state index in [4.69, 9.17) is 0 Å². The van der Waals surface area contributed by atoms with Gasteiger partial charge in [0, 0.05) is 54.5 Å². The maximum Gasteiger partial charge on any atom is 0.0419 e. The number of nitrogens with one attached hydrogen (secondary N) is 2. The van der Waals surface area contributed by atoms with Crippen molar-refractivity contribution in [3.05, 3.63) is 102 Å². The third-order valence-electron chi connectivity index (χ3n) is 6.62. The minimum Gasteiger partial charge on any atom is -0.385 e. The van der Waals surface area contributed by atoms with Crippen LogP contribution in [0.4, 0.5) is 17.1 Å². The maximum absolute atomic E-state index is 3.54. The van der Waals surface area contributed by atoms with E-state index in [0.29, 0.717) is 0 Å². The average Bonchev–Trinajstić information content (AvgIpc) is 2.88. The summed E-state index contributed by atoms with van der Waals surface area (Å²) in [5.41, 5.74) is 7.59. The van der Waals surface area contributed by atoms with Gasteiger partial charge in [0.25, 0.3) is 0 Å². The van der Waals surface area contributed by atoms with Crippen LogP contribution in [0, 0.1) is 0 Å². The molecule has 4 rings (SSSR count). The topological polar surface area (TPSA) is 27.3 Å². The van der Waals surface area contributed by atoms with Gasteiger partial charge in [-0.25, -0.2) is 0 Å². The quantitative estimate of drug-likeness (QED) is 0.242. The first-order valence-corrected chi connectivity index (χ1v) is 12.6. The summed E-state index contributed by atoms with van der Waals surface area (Å²) in [6, 6.07) is 31.4. The molecule has 1 atom stereocenters. The van der Waals surface area contributed by atoms with Crippen LogP contribution in [-0.2, 0) is 0 Å². The molecule has 176 valence electrons. The SMILES string of the molecule is CCNc1ccc(C(c2ccc(N(CC)CC)cc2)c2ccc(NCC)c3ccccc23)cc1. The summed E-state index contributed by atoms with van der Waals surface area (Å²) in [7, 11) is 0. The predicted octanol–water partition coefficient (Wildman–Crippen LogP) is 7.73. The highest BCUT2D eigenvalue weighted by atomic mass is 15.1. The molecule has 3 heteroatoms. The fourth-order valence-corrected chi connectivity index (χ4v) is 4.93. The number of benzene rings is 4. The summed E-state index contributed by atoms with van der Waals surface area (Å²) in [6.07, 6.45) is 0. The molecule has 0 amide bonds. The lowest BCUT2D eigenvalue weighted by Crippen LogP contribution is -2.21. The molecule has 0 saturated carbocycles. The number of rotatable bonds is 10. The zero-order chi connectivity index (χ0) is 23.9. The molecule has 0 heterocycles. The van der Waals surface area contributed by atoms with Gasteiger partial charge in [-0.15, -0.1) is 0 Å². The van der Waals surface area contributed by atoms with Crippen LogP contribution in [0.3, 0.4) is 0 Å². The van der Waals surface area contributed by atoms with Gasteiger partial charge in [-0.05, 0) is 80.1 Å². The van der Waals surface area contributed by atoms with E-state index in [1.807, 2.05) is 0 Å². The van der Waals surface area contributed by atoms with Crippen molar-refractivity contribution in [1.29, 1.82) is 0 Å². The Balaban J connectivity index is 1.86. The van der Waals surface area contributed by atoms with Crippen LogP contribution in [0.15, 0.2) is 84.9 Å². The van der Waals surface area contributed by atoms with Gasteiger partial charge in [-0.2, -0.15) is 0 Å². The van der Waals surface area contributed by atoms with E-state index in [-0.39, 0.29) is 5.92 Å². The molecule has 0 saturated heterocycles. The Hall–Kier alpha value is -3.46. The number of fused-ring (bicyclic) bond motifs is 1. The van der Waals surface area contributed by atoms with Crippen LogP contribution in [0.1, 0.15) is 50.3 Å². The van der Waals surface area contributed by atoms with Crippen LogP contribution in [-0.4, -0.2) is 26.2 Å². The minimum atomic E-state index is 0.155. The fraction of sp³-hybridized carbons (Fsp3) is 0.290. The molecule has 0 bridgehead atoms. The number of hydrogen-bond donors (Lipinski definition) is 2. The Morgan fingerprint density at radius 1 is 0.618 bits per heavy atom. The lowest BCUT2D eigenvalue weighted by Gasteiger charge is -2.25. The zero-order valence-corrected chi connectivity index (χ0v) is 20.9. The second-order valence-electron chi connectivity index (χ2n) is 8.63. The molecule has 0 aliphatic heterocycles. The Morgan fingerprint density at radius 3 is 1.79 bits per heavy atom. The normalized spacial score (nSPS) is 11.9. The fourth-order valence-electron chi connectivity index (χ4n) is 4.93. The molecule has 0 aliphatic carbocycles. The first kappa shape index (κ1) is 23.7. The van der Waals surface area contributed by atoms with E-state index in [9.17, 15) is 0 Å². The Kier molecular flexibility index (Phi) is 7.74. The van der Waals surface area contributed by atoms with E-state index in [2.05, 4.69) is 128 Å². The van der Waals surface area contributed by atoms with E-state index >= 15 is 0 Å². The summed E-state index contributed by atoms with van der Waals surface area (Å²) in [5.74, 6) is 0.155. The lowest BCUT2D eigenvalue weighted by molar-refractivity contribution is 0.864. The molecule has 0 spiro atoms. The molecule has 3 nitrogen and oxygen atoms in total. The maximum atomic E-state index is 3.54. The molecule has 4 aromatic carbocycles.